The minimum absolute atomic E-state index is 0.142. The highest BCUT2D eigenvalue weighted by atomic mass is 14.7. The van der Waals surface area contributed by atoms with E-state index < -0.39 is 0 Å². The zero-order chi connectivity index (χ0) is 10.2. The van der Waals surface area contributed by atoms with Crippen LogP contribution in [0.3, 0.4) is 0 Å². The fourth-order valence-electron chi connectivity index (χ4n) is 2.17. The molecular formula is C13H17N. The summed E-state index contributed by atoms with van der Waals surface area (Å²) in [5.41, 5.74) is 10.1. The fraction of sp³-hybridized carbons (Fsp3) is 0.385. The summed E-state index contributed by atoms with van der Waals surface area (Å²) in [7, 11) is 0. The topological polar surface area (TPSA) is 26.0 Å². The van der Waals surface area contributed by atoms with E-state index in [0.717, 1.165) is 12.8 Å². The molecular weight excluding hydrogens is 170 g/mol. The lowest BCUT2D eigenvalue weighted by molar-refractivity contribution is 0.480. The largest absolute Gasteiger partial charge is 0.321 e. The number of rotatable bonds is 1. The fourth-order valence-corrected chi connectivity index (χ4v) is 2.17. The van der Waals surface area contributed by atoms with E-state index in [2.05, 4.69) is 44.2 Å². The predicted molar refractivity (Wildman–Crippen MR) is 60.2 cm³/mol. The summed E-state index contributed by atoms with van der Waals surface area (Å²) in [6, 6.07) is 6.61. The standard InChI is InChI=1S/C13H17N/c1-10-7-11(2)9-12(8-10)13(14)5-3-4-6-13/h3-4,7-9H,5-6,14H2,1-2H3. The number of nitrogens with two attached hydrogens (primary N) is 1. The van der Waals surface area contributed by atoms with E-state index in [9.17, 15) is 0 Å². The molecule has 1 aliphatic rings. The highest BCUT2D eigenvalue weighted by Gasteiger charge is 2.28. The highest BCUT2D eigenvalue weighted by molar-refractivity contribution is 5.35. The average molecular weight is 187 g/mol. The normalized spacial score (nSPS) is 18.8. The molecule has 2 rings (SSSR count). The molecule has 0 amide bonds. The summed E-state index contributed by atoms with van der Waals surface area (Å²) >= 11 is 0. The summed E-state index contributed by atoms with van der Waals surface area (Å²) in [5, 5.41) is 0. The number of hydrogen-bond donors (Lipinski definition) is 1. The van der Waals surface area contributed by atoms with Crippen molar-refractivity contribution < 1.29 is 0 Å². The van der Waals surface area contributed by atoms with Gasteiger partial charge in [-0.15, -0.1) is 0 Å². The van der Waals surface area contributed by atoms with Crippen LogP contribution < -0.4 is 5.73 Å². The Kier molecular flexibility index (Phi) is 2.20. The molecule has 2 N–H and O–H groups in total. The van der Waals surface area contributed by atoms with Crippen molar-refractivity contribution in [3.63, 3.8) is 0 Å². The van der Waals surface area contributed by atoms with Crippen molar-refractivity contribution in [2.24, 2.45) is 5.73 Å². The smallest absolute Gasteiger partial charge is 0.0479 e. The average Bonchev–Trinajstić information content (AvgIpc) is 2.52. The molecule has 0 heterocycles. The van der Waals surface area contributed by atoms with Gasteiger partial charge in [0.05, 0.1) is 0 Å². The Morgan fingerprint density at radius 2 is 1.50 bits per heavy atom. The zero-order valence-electron chi connectivity index (χ0n) is 8.88. The Hall–Kier alpha value is -1.08. The molecule has 0 radical (unpaired) electrons. The summed E-state index contributed by atoms with van der Waals surface area (Å²) in [6.45, 7) is 4.25. The Morgan fingerprint density at radius 3 is 2.00 bits per heavy atom. The molecule has 1 aromatic rings. The Labute approximate surface area is 85.6 Å². The molecule has 0 saturated heterocycles. The van der Waals surface area contributed by atoms with Crippen molar-refractivity contribution >= 4 is 0 Å². The van der Waals surface area contributed by atoms with Crippen LogP contribution in [0.15, 0.2) is 30.4 Å². The van der Waals surface area contributed by atoms with Gasteiger partial charge in [-0.3, -0.25) is 0 Å². The van der Waals surface area contributed by atoms with Gasteiger partial charge in [-0.1, -0.05) is 41.5 Å². The van der Waals surface area contributed by atoms with E-state index in [4.69, 9.17) is 5.73 Å². The second-order valence-corrected chi connectivity index (χ2v) is 4.41. The molecule has 74 valence electrons. The van der Waals surface area contributed by atoms with Crippen molar-refractivity contribution in [3.05, 3.63) is 47.0 Å². The predicted octanol–water partition coefficient (Wildman–Crippen LogP) is 2.81. The molecule has 1 heteroatoms. The lowest BCUT2D eigenvalue weighted by Gasteiger charge is -2.25. The second-order valence-electron chi connectivity index (χ2n) is 4.41. The van der Waals surface area contributed by atoms with Gasteiger partial charge in [0, 0.05) is 5.54 Å². The van der Waals surface area contributed by atoms with Crippen LogP contribution in [0.4, 0.5) is 0 Å². The number of aryl methyl sites for hydroxylation is 2. The van der Waals surface area contributed by atoms with E-state index >= 15 is 0 Å². The Balaban J connectivity index is 2.41. The third-order valence-corrected chi connectivity index (χ3v) is 2.93. The third kappa shape index (κ3) is 1.60. The van der Waals surface area contributed by atoms with E-state index in [0.29, 0.717) is 0 Å². The van der Waals surface area contributed by atoms with Crippen LogP contribution in [0.25, 0.3) is 0 Å². The molecule has 0 unspecified atom stereocenters. The van der Waals surface area contributed by atoms with Crippen LogP contribution in [0.1, 0.15) is 29.5 Å². The van der Waals surface area contributed by atoms with Gasteiger partial charge in [0.25, 0.3) is 0 Å². The molecule has 0 spiro atoms. The molecule has 0 bridgehead atoms. The maximum absolute atomic E-state index is 6.36. The van der Waals surface area contributed by atoms with E-state index in [1.807, 2.05) is 0 Å². The first kappa shape index (κ1) is 9.47. The van der Waals surface area contributed by atoms with Crippen LogP contribution in [0, 0.1) is 13.8 Å². The molecule has 0 aliphatic heterocycles. The molecule has 0 aromatic heterocycles. The maximum atomic E-state index is 6.36. The minimum atomic E-state index is -0.142. The van der Waals surface area contributed by atoms with Crippen LogP contribution in [-0.4, -0.2) is 0 Å². The minimum Gasteiger partial charge on any atom is -0.321 e. The molecule has 1 nitrogen and oxygen atoms in total. The molecule has 0 fully saturated rings. The molecule has 1 aliphatic carbocycles. The van der Waals surface area contributed by atoms with Crippen molar-refractivity contribution in [1.29, 1.82) is 0 Å². The van der Waals surface area contributed by atoms with Crippen LogP contribution >= 0.6 is 0 Å². The lowest BCUT2D eigenvalue weighted by Crippen LogP contribution is -2.33. The van der Waals surface area contributed by atoms with Gasteiger partial charge in [-0.25, -0.2) is 0 Å². The van der Waals surface area contributed by atoms with Gasteiger partial charge in [-0.05, 0) is 32.3 Å². The summed E-state index contributed by atoms with van der Waals surface area (Å²) in [6.07, 6.45) is 6.29. The summed E-state index contributed by atoms with van der Waals surface area (Å²) < 4.78 is 0. The Morgan fingerprint density at radius 1 is 1.00 bits per heavy atom. The Bertz CT molecular complexity index is 349. The highest BCUT2D eigenvalue weighted by Crippen LogP contribution is 2.32. The number of benzene rings is 1. The van der Waals surface area contributed by atoms with Crippen molar-refractivity contribution in [3.8, 4) is 0 Å². The van der Waals surface area contributed by atoms with Gasteiger partial charge in [0.2, 0.25) is 0 Å². The van der Waals surface area contributed by atoms with Gasteiger partial charge in [0.15, 0.2) is 0 Å². The first-order valence-electron chi connectivity index (χ1n) is 5.13. The van der Waals surface area contributed by atoms with E-state index in [-0.39, 0.29) is 5.54 Å². The van der Waals surface area contributed by atoms with Crippen LogP contribution in [0.2, 0.25) is 0 Å². The zero-order valence-corrected chi connectivity index (χ0v) is 8.88. The van der Waals surface area contributed by atoms with Gasteiger partial charge >= 0.3 is 0 Å². The van der Waals surface area contributed by atoms with Gasteiger partial charge in [0.1, 0.15) is 0 Å². The summed E-state index contributed by atoms with van der Waals surface area (Å²) in [4.78, 5) is 0. The lowest BCUT2D eigenvalue weighted by atomic mass is 9.87. The van der Waals surface area contributed by atoms with Crippen molar-refractivity contribution in [2.45, 2.75) is 32.2 Å². The van der Waals surface area contributed by atoms with Crippen molar-refractivity contribution in [2.75, 3.05) is 0 Å². The van der Waals surface area contributed by atoms with Gasteiger partial charge < -0.3 is 5.73 Å². The van der Waals surface area contributed by atoms with E-state index in [1.54, 1.807) is 0 Å². The monoisotopic (exact) mass is 187 g/mol. The first-order valence-corrected chi connectivity index (χ1v) is 5.13. The van der Waals surface area contributed by atoms with Crippen LogP contribution in [-0.2, 0) is 5.54 Å². The third-order valence-electron chi connectivity index (χ3n) is 2.93. The van der Waals surface area contributed by atoms with E-state index in [1.165, 1.54) is 16.7 Å². The first-order chi connectivity index (χ1) is 6.60. The molecule has 0 atom stereocenters. The van der Waals surface area contributed by atoms with Gasteiger partial charge in [-0.2, -0.15) is 0 Å². The van der Waals surface area contributed by atoms with Crippen LogP contribution in [0.5, 0.6) is 0 Å². The SMILES string of the molecule is Cc1cc(C)cc(C2(N)CC=CC2)c1. The quantitative estimate of drug-likeness (QED) is 0.672. The second kappa shape index (κ2) is 3.25. The molecule has 0 saturated carbocycles. The van der Waals surface area contributed by atoms with Crippen molar-refractivity contribution in [1.82, 2.24) is 0 Å². The summed E-state index contributed by atoms with van der Waals surface area (Å²) in [5.74, 6) is 0. The molecule has 1 aromatic carbocycles. The maximum Gasteiger partial charge on any atom is 0.0479 e. The molecule has 14 heavy (non-hydrogen) atoms. The number of hydrogen-bond acceptors (Lipinski definition) is 1.